The second kappa shape index (κ2) is 10.9. The molecule has 5 heteroatoms. The molecule has 0 radical (unpaired) electrons. The van der Waals surface area contributed by atoms with Gasteiger partial charge in [0.15, 0.2) is 0 Å². The summed E-state index contributed by atoms with van der Waals surface area (Å²) in [7, 11) is 0. The van der Waals surface area contributed by atoms with Crippen LogP contribution in [0, 0.1) is 6.92 Å². The van der Waals surface area contributed by atoms with Crippen molar-refractivity contribution < 1.29 is 15.4 Å². The lowest BCUT2D eigenvalue weighted by atomic mass is 9.36. The predicted octanol–water partition coefficient (Wildman–Crippen LogP) is 11.8. The molecule has 52 heavy (non-hydrogen) atoms. The molecule has 254 valence electrons. The zero-order chi connectivity index (χ0) is 42.6. The molecule has 0 atom stereocenters. The van der Waals surface area contributed by atoms with Crippen LogP contribution in [-0.4, -0.2) is 6.71 Å². The van der Waals surface area contributed by atoms with E-state index >= 15 is 0 Å². The molecule has 2 aromatic heterocycles. The van der Waals surface area contributed by atoms with Gasteiger partial charge in [-0.1, -0.05) is 102 Å². The number of hydrogen-bond donors (Lipinski definition) is 0. The van der Waals surface area contributed by atoms with E-state index in [1.807, 2.05) is 64.1 Å². The number of benzene rings is 6. The van der Waals surface area contributed by atoms with E-state index in [0.29, 0.717) is 32.8 Å². The van der Waals surface area contributed by atoms with E-state index in [0.717, 1.165) is 60.0 Å². The third-order valence-electron chi connectivity index (χ3n) is 10.5. The van der Waals surface area contributed by atoms with E-state index in [4.69, 9.17) is 8.53 Å². The Kier molecular flexibility index (Phi) is 5.04. The van der Waals surface area contributed by atoms with Crippen molar-refractivity contribution in [2.45, 2.75) is 59.3 Å². The number of nitrogens with zero attached hydrogens (tertiary/aromatic N) is 2. The Hall–Kier alpha value is -5.26. The Balaban J connectivity index is 1.41. The van der Waals surface area contributed by atoms with Crippen molar-refractivity contribution in [1.82, 2.24) is 0 Å². The van der Waals surface area contributed by atoms with Gasteiger partial charge in [0.1, 0.15) is 5.58 Å². The number of thiophene rings is 1. The fourth-order valence-corrected chi connectivity index (χ4v) is 9.18. The van der Waals surface area contributed by atoms with Gasteiger partial charge in [0, 0.05) is 48.5 Å². The van der Waals surface area contributed by atoms with Gasteiger partial charge in [-0.25, -0.2) is 0 Å². The Bertz CT molecular complexity index is 3170. The van der Waals surface area contributed by atoms with Crippen LogP contribution in [0.2, 0.25) is 0 Å². The highest BCUT2D eigenvalue weighted by molar-refractivity contribution is 7.34. The lowest BCUT2D eigenvalue weighted by Crippen LogP contribution is -2.60. The van der Waals surface area contributed by atoms with Gasteiger partial charge in [0.25, 0.3) is 6.71 Å². The quantitative estimate of drug-likeness (QED) is 0.167. The minimum atomic E-state index is -0.591. The van der Waals surface area contributed by atoms with Crippen molar-refractivity contribution in [2.75, 3.05) is 9.80 Å². The Morgan fingerprint density at radius 2 is 1.35 bits per heavy atom. The van der Waals surface area contributed by atoms with Crippen molar-refractivity contribution in [3.63, 3.8) is 0 Å². The summed E-state index contributed by atoms with van der Waals surface area (Å²) in [5.74, 6) is 0.341. The molecule has 0 saturated carbocycles. The number of fused-ring (bicyclic) bond motifs is 9. The van der Waals surface area contributed by atoms with Crippen LogP contribution in [-0.2, 0) is 10.8 Å². The van der Waals surface area contributed by atoms with Gasteiger partial charge in [-0.15, -0.1) is 11.3 Å². The summed E-state index contributed by atoms with van der Waals surface area (Å²) in [5.41, 5.74) is 7.02. The van der Waals surface area contributed by atoms with E-state index in [2.05, 4.69) is 62.1 Å². The van der Waals surface area contributed by atoms with Crippen LogP contribution >= 0.6 is 11.3 Å². The topological polar surface area (TPSA) is 19.6 Å². The number of anilines is 6. The second-order valence-corrected chi connectivity index (χ2v) is 17.2. The minimum Gasteiger partial charge on any atom is -0.440 e. The highest BCUT2D eigenvalue weighted by Crippen LogP contribution is 2.50. The predicted molar refractivity (Wildman–Crippen MR) is 225 cm³/mol. The molecule has 10 rings (SSSR count). The van der Waals surface area contributed by atoms with Crippen LogP contribution in [0.3, 0.4) is 0 Å². The van der Waals surface area contributed by atoms with E-state index in [-0.39, 0.29) is 41.3 Å². The zero-order valence-corrected chi connectivity index (χ0v) is 31.0. The first-order valence-corrected chi connectivity index (χ1v) is 18.5. The molecular formula is C47H41BN2OS. The van der Waals surface area contributed by atoms with E-state index in [9.17, 15) is 6.85 Å². The first kappa shape index (κ1) is 24.1. The summed E-state index contributed by atoms with van der Waals surface area (Å²) in [6.07, 6.45) is 0. The molecule has 0 unspecified atom stereocenters. The highest BCUT2D eigenvalue weighted by atomic mass is 32.1. The third kappa shape index (κ3) is 4.58. The monoisotopic (exact) mass is 700 g/mol. The van der Waals surface area contributed by atoms with Gasteiger partial charge in [-0.3, -0.25) is 4.90 Å². The maximum Gasteiger partial charge on any atom is 0.269 e. The van der Waals surface area contributed by atoms with Gasteiger partial charge in [-0.2, -0.15) is 0 Å². The Morgan fingerprint density at radius 3 is 2.04 bits per heavy atom. The molecule has 0 spiro atoms. The van der Waals surface area contributed by atoms with Crippen molar-refractivity contribution in [3.8, 4) is 0 Å². The molecular weight excluding hydrogens is 651 g/mol. The standard InChI is InChI=1S/C47H41BN2OS/c1-28-23-37-42-38(24-28)50(33-15-9-8-10-16-33)45-41(35-25-29-13-11-12-14-30(29)26-39(35)51-45)48(42)44-43(36-27-32(47(5,6)7)19-22-40(36)52-44)49(37)34-20-17-31(18-21-34)46(2,3)4/h8-27H,1-7H3/i8D,9D,10D,15D,16D,19D,22D,27D. The van der Waals surface area contributed by atoms with Crippen molar-refractivity contribution in [1.29, 1.82) is 0 Å². The number of para-hydroxylation sites is 1. The molecule has 2 aliphatic heterocycles. The fourth-order valence-electron chi connectivity index (χ4n) is 7.96. The zero-order valence-electron chi connectivity index (χ0n) is 38.2. The summed E-state index contributed by atoms with van der Waals surface area (Å²) < 4.78 is 81.6. The average Bonchev–Trinajstić information content (AvgIpc) is 3.77. The Labute approximate surface area is 321 Å². The van der Waals surface area contributed by atoms with Gasteiger partial charge in [0.05, 0.1) is 16.7 Å². The number of rotatable bonds is 2. The lowest BCUT2D eigenvalue weighted by Gasteiger charge is -2.41. The molecule has 8 aromatic rings. The second-order valence-electron chi connectivity index (χ2n) is 16.1. The van der Waals surface area contributed by atoms with E-state index in [1.165, 1.54) is 11.3 Å². The van der Waals surface area contributed by atoms with Gasteiger partial charge in [-0.05, 0) is 111 Å². The van der Waals surface area contributed by atoms with Crippen LogP contribution < -0.4 is 25.5 Å². The minimum absolute atomic E-state index is 0.0177. The van der Waals surface area contributed by atoms with E-state index in [1.54, 1.807) is 4.90 Å². The maximum absolute atomic E-state index is 9.91. The van der Waals surface area contributed by atoms with Crippen molar-refractivity contribution in [2.24, 2.45) is 0 Å². The normalized spacial score (nSPS) is 16.1. The van der Waals surface area contributed by atoms with Gasteiger partial charge >= 0.3 is 0 Å². The summed E-state index contributed by atoms with van der Waals surface area (Å²) in [6.45, 7) is 13.9. The SMILES string of the molecule is [2H]c1c([2H])c([2H])c(N2c3cc(C)cc4c3B(c3sc5c([2H])c([2H])c(C(C)(C)C)c([2H])c5c3N4c3ccc(C(C)(C)C)cc3)c3c2oc2cc4ccccc4cc32)c([2H])c1[2H]. The molecule has 0 N–H and O–H groups in total. The van der Waals surface area contributed by atoms with Crippen LogP contribution in [0.25, 0.3) is 31.8 Å². The van der Waals surface area contributed by atoms with Crippen molar-refractivity contribution in [3.05, 3.63) is 138 Å². The maximum atomic E-state index is 9.91. The average molecular weight is 701 g/mol. The highest BCUT2D eigenvalue weighted by Gasteiger charge is 2.48. The molecule has 6 aromatic carbocycles. The van der Waals surface area contributed by atoms with Crippen LogP contribution in [0.4, 0.5) is 34.3 Å². The molecule has 2 aliphatic rings. The molecule has 0 fully saturated rings. The number of hydrogen-bond acceptors (Lipinski definition) is 4. The van der Waals surface area contributed by atoms with Crippen LogP contribution in [0.5, 0.6) is 0 Å². The van der Waals surface area contributed by atoms with Crippen LogP contribution in [0.15, 0.2) is 126 Å². The summed E-state index contributed by atoms with van der Waals surface area (Å²) in [4.78, 5) is 3.90. The molecule has 3 nitrogen and oxygen atoms in total. The molecule has 4 heterocycles. The fraction of sp³-hybridized carbons (Fsp3) is 0.191. The number of furan rings is 1. The molecule has 0 amide bonds. The lowest BCUT2D eigenvalue weighted by molar-refractivity contribution is 0.590. The molecule has 0 bridgehead atoms. The largest absolute Gasteiger partial charge is 0.440 e. The number of aryl methyl sites for hydroxylation is 1. The Morgan fingerprint density at radius 1 is 0.673 bits per heavy atom. The van der Waals surface area contributed by atoms with Crippen molar-refractivity contribution >= 4 is 99.9 Å². The molecule has 0 saturated heterocycles. The summed E-state index contributed by atoms with van der Waals surface area (Å²) in [6, 6.07) is 22.9. The summed E-state index contributed by atoms with van der Waals surface area (Å²) >= 11 is 1.42. The first-order valence-electron chi connectivity index (χ1n) is 21.7. The van der Waals surface area contributed by atoms with E-state index < -0.39 is 30.3 Å². The van der Waals surface area contributed by atoms with Crippen LogP contribution in [0.1, 0.15) is 69.2 Å². The smallest absolute Gasteiger partial charge is 0.269 e. The first-order chi connectivity index (χ1) is 28.3. The third-order valence-corrected chi connectivity index (χ3v) is 11.7. The van der Waals surface area contributed by atoms with Gasteiger partial charge < -0.3 is 9.32 Å². The van der Waals surface area contributed by atoms with Gasteiger partial charge in [0.2, 0.25) is 5.88 Å². The summed E-state index contributed by atoms with van der Waals surface area (Å²) in [5, 5.41) is 3.37. The molecule has 0 aliphatic carbocycles.